The summed E-state index contributed by atoms with van der Waals surface area (Å²) in [7, 11) is 0. The van der Waals surface area contributed by atoms with E-state index in [0.717, 1.165) is 90.2 Å². The van der Waals surface area contributed by atoms with Crippen molar-refractivity contribution in [2.45, 2.75) is 78.2 Å². The fraction of sp³-hybridized carbons (Fsp3) is 0.474. The van der Waals surface area contributed by atoms with E-state index in [4.69, 9.17) is 9.72 Å². The van der Waals surface area contributed by atoms with Crippen LogP contribution in [0.3, 0.4) is 0 Å². The molecule has 0 saturated carbocycles. The standard InChI is InChI=1S/C38H49FN8O3/c1-3-34-31(37(44-29-12-18-50-19-13-29)32-24-43-47(4-2)38(32)45-34)23-42-36(49)11-10-35(48)41-22-26-8-9-33(39)30(21-26)28-7-5-6-27(20-28)25-46-16-14-40-15-17-46/h5-9,20-21,24,29,40H,3-4,10-19,22-23,25H2,1-2H3,(H,41,48)(H,42,49)(H,44,45). The summed E-state index contributed by atoms with van der Waals surface area (Å²) in [5, 5.41) is 18.5. The largest absolute Gasteiger partial charge is 0.381 e. The summed E-state index contributed by atoms with van der Waals surface area (Å²) in [5.74, 6) is -0.759. The molecule has 2 aliphatic rings. The molecule has 4 heterocycles. The van der Waals surface area contributed by atoms with Gasteiger partial charge in [0.05, 0.1) is 17.3 Å². The first-order chi connectivity index (χ1) is 24.4. The van der Waals surface area contributed by atoms with Crippen molar-refractivity contribution in [1.82, 2.24) is 35.6 Å². The molecule has 4 aromatic rings. The molecule has 2 amide bonds. The number of fused-ring (bicyclic) bond motifs is 1. The second-order valence-corrected chi connectivity index (χ2v) is 13.1. The van der Waals surface area contributed by atoms with Gasteiger partial charge in [-0.15, -0.1) is 0 Å². The predicted molar refractivity (Wildman–Crippen MR) is 193 cm³/mol. The molecule has 2 saturated heterocycles. The van der Waals surface area contributed by atoms with Gasteiger partial charge in [-0.3, -0.25) is 14.5 Å². The van der Waals surface area contributed by atoms with Crippen molar-refractivity contribution in [3.63, 3.8) is 0 Å². The van der Waals surface area contributed by atoms with Crippen molar-refractivity contribution in [3.8, 4) is 11.1 Å². The van der Waals surface area contributed by atoms with E-state index in [9.17, 15) is 14.0 Å². The zero-order chi connectivity index (χ0) is 34.9. The van der Waals surface area contributed by atoms with E-state index in [-0.39, 0.29) is 43.1 Å². The number of nitrogens with zero attached hydrogens (tertiary/aromatic N) is 4. The first-order valence-corrected chi connectivity index (χ1v) is 18.0. The van der Waals surface area contributed by atoms with Crippen LogP contribution in [0.15, 0.2) is 48.7 Å². The highest BCUT2D eigenvalue weighted by molar-refractivity contribution is 5.92. The van der Waals surface area contributed by atoms with Crippen LogP contribution in [0.25, 0.3) is 22.2 Å². The number of nitrogens with one attached hydrogen (secondary N) is 4. The Morgan fingerprint density at radius 1 is 0.980 bits per heavy atom. The Kier molecular flexibility index (Phi) is 12.1. The number of benzene rings is 2. The fourth-order valence-corrected chi connectivity index (χ4v) is 6.76. The van der Waals surface area contributed by atoms with Gasteiger partial charge in [0, 0.05) is 101 Å². The summed E-state index contributed by atoms with van der Waals surface area (Å²) in [5.41, 5.74) is 6.89. The Morgan fingerprint density at radius 2 is 1.74 bits per heavy atom. The highest BCUT2D eigenvalue weighted by Crippen LogP contribution is 2.31. The van der Waals surface area contributed by atoms with Gasteiger partial charge in [-0.05, 0) is 61.1 Å². The second-order valence-electron chi connectivity index (χ2n) is 13.1. The van der Waals surface area contributed by atoms with Gasteiger partial charge >= 0.3 is 0 Å². The lowest BCUT2D eigenvalue weighted by molar-refractivity contribution is -0.126. The third kappa shape index (κ3) is 8.85. The first kappa shape index (κ1) is 35.4. The number of anilines is 1. The summed E-state index contributed by atoms with van der Waals surface area (Å²) in [6.07, 6.45) is 4.44. The molecule has 50 heavy (non-hydrogen) atoms. The van der Waals surface area contributed by atoms with Gasteiger partial charge in [-0.2, -0.15) is 5.10 Å². The Labute approximate surface area is 293 Å². The number of carbonyl (C=O) groups is 2. The van der Waals surface area contributed by atoms with Gasteiger partial charge in [-0.25, -0.2) is 14.1 Å². The monoisotopic (exact) mass is 684 g/mol. The SMILES string of the molecule is CCc1nc2c(cnn2CC)c(NC2CCOCC2)c1CNC(=O)CCC(=O)NCc1ccc(F)c(-c2cccc(CN3CCNCC3)c2)c1. The molecule has 0 aliphatic carbocycles. The average molecular weight is 685 g/mol. The Hall–Kier alpha value is -4.39. The van der Waals surface area contributed by atoms with Crippen molar-refractivity contribution in [3.05, 3.63) is 76.9 Å². The summed E-state index contributed by atoms with van der Waals surface area (Å²) in [6.45, 7) is 11.5. The highest BCUT2D eigenvalue weighted by atomic mass is 19.1. The number of aromatic nitrogens is 3. The summed E-state index contributed by atoms with van der Waals surface area (Å²) in [4.78, 5) is 33.1. The van der Waals surface area contributed by atoms with Crippen molar-refractivity contribution >= 4 is 28.5 Å². The minimum absolute atomic E-state index is 0.0440. The van der Waals surface area contributed by atoms with E-state index in [1.807, 2.05) is 36.0 Å². The first-order valence-electron chi connectivity index (χ1n) is 18.0. The number of carbonyl (C=O) groups excluding carboxylic acids is 2. The number of hydrogen-bond acceptors (Lipinski definition) is 8. The molecule has 0 spiro atoms. The molecule has 266 valence electrons. The molecule has 2 aliphatic heterocycles. The molecule has 11 nitrogen and oxygen atoms in total. The van der Waals surface area contributed by atoms with Crippen LogP contribution in [0.2, 0.25) is 0 Å². The Morgan fingerprint density at radius 3 is 2.48 bits per heavy atom. The molecule has 4 N–H and O–H groups in total. The maximum absolute atomic E-state index is 15.0. The van der Waals surface area contributed by atoms with Gasteiger partial charge in [0.15, 0.2) is 5.65 Å². The maximum atomic E-state index is 15.0. The lowest BCUT2D eigenvalue weighted by Gasteiger charge is -2.27. The topological polar surface area (TPSA) is 125 Å². The number of rotatable bonds is 14. The molecule has 0 bridgehead atoms. The predicted octanol–water partition coefficient (Wildman–Crippen LogP) is 4.53. The van der Waals surface area contributed by atoms with Crippen LogP contribution in [-0.4, -0.2) is 76.9 Å². The van der Waals surface area contributed by atoms with Crippen molar-refractivity contribution in [2.75, 3.05) is 44.7 Å². The Balaban J connectivity index is 1.04. The molecule has 2 aromatic heterocycles. The van der Waals surface area contributed by atoms with E-state index in [2.05, 4.69) is 44.3 Å². The summed E-state index contributed by atoms with van der Waals surface area (Å²) >= 11 is 0. The molecule has 0 unspecified atom stereocenters. The van der Waals surface area contributed by atoms with Gasteiger partial charge in [-0.1, -0.05) is 31.2 Å². The van der Waals surface area contributed by atoms with Crippen LogP contribution in [0.1, 0.15) is 61.9 Å². The minimum Gasteiger partial charge on any atom is -0.381 e. The summed E-state index contributed by atoms with van der Waals surface area (Å²) in [6, 6.07) is 13.2. The van der Waals surface area contributed by atoms with E-state index in [0.29, 0.717) is 38.3 Å². The number of amides is 2. The molecular weight excluding hydrogens is 635 g/mol. The van der Waals surface area contributed by atoms with Crippen LogP contribution in [0, 0.1) is 5.82 Å². The molecule has 2 fully saturated rings. The maximum Gasteiger partial charge on any atom is 0.220 e. The van der Waals surface area contributed by atoms with E-state index in [1.54, 1.807) is 12.1 Å². The van der Waals surface area contributed by atoms with Gasteiger partial charge in [0.25, 0.3) is 0 Å². The normalized spacial score (nSPS) is 15.7. The fourth-order valence-electron chi connectivity index (χ4n) is 6.76. The number of hydrogen-bond donors (Lipinski definition) is 4. The number of halogens is 1. The molecule has 0 radical (unpaired) electrons. The smallest absolute Gasteiger partial charge is 0.220 e. The van der Waals surface area contributed by atoms with Crippen molar-refractivity contribution < 1.29 is 18.7 Å². The van der Waals surface area contributed by atoms with Crippen LogP contribution < -0.4 is 21.3 Å². The van der Waals surface area contributed by atoms with Gasteiger partial charge in [0.2, 0.25) is 11.8 Å². The van der Waals surface area contributed by atoms with Crippen LogP contribution in [0.4, 0.5) is 10.1 Å². The van der Waals surface area contributed by atoms with E-state index in [1.165, 1.54) is 6.07 Å². The third-order valence-corrected chi connectivity index (χ3v) is 9.59. The summed E-state index contributed by atoms with van der Waals surface area (Å²) < 4.78 is 22.4. The molecule has 2 aromatic carbocycles. The van der Waals surface area contributed by atoms with Crippen molar-refractivity contribution in [2.24, 2.45) is 0 Å². The quantitative estimate of drug-likeness (QED) is 0.153. The second kappa shape index (κ2) is 17.0. The highest BCUT2D eigenvalue weighted by Gasteiger charge is 2.22. The van der Waals surface area contributed by atoms with Crippen molar-refractivity contribution in [1.29, 1.82) is 0 Å². The molecule has 0 atom stereocenters. The molecule has 6 rings (SSSR count). The van der Waals surface area contributed by atoms with Gasteiger partial charge in [0.1, 0.15) is 5.82 Å². The molecule has 12 heteroatoms. The van der Waals surface area contributed by atoms with E-state index < -0.39 is 0 Å². The molecular formula is C38H49FN8O3. The number of ether oxygens (including phenoxy) is 1. The minimum atomic E-state index is -0.304. The number of pyridine rings is 1. The third-order valence-electron chi connectivity index (χ3n) is 9.59. The lowest BCUT2D eigenvalue weighted by Crippen LogP contribution is -2.42. The zero-order valence-corrected chi connectivity index (χ0v) is 29.2. The number of piperazine rings is 1. The number of aryl methyl sites for hydroxylation is 2. The van der Waals surface area contributed by atoms with Crippen LogP contribution in [0.5, 0.6) is 0 Å². The van der Waals surface area contributed by atoms with E-state index >= 15 is 0 Å². The van der Waals surface area contributed by atoms with Crippen LogP contribution in [-0.2, 0) is 46.9 Å². The van der Waals surface area contributed by atoms with Gasteiger partial charge < -0.3 is 26.0 Å². The zero-order valence-electron chi connectivity index (χ0n) is 29.2. The van der Waals surface area contributed by atoms with Crippen LogP contribution >= 0.6 is 0 Å². The lowest BCUT2D eigenvalue weighted by atomic mass is 10.00. The Bertz CT molecular complexity index is 1780. The average Bonchev–Trinajstić information content (AvgIpc) is 3.57.